The van der Waals surface area contributed by atoms with Crippen molar-refractivity contribution in [2.75, 3.05) is 0 Å². The van der Waals surface area contributed by atoms with E-state index in [1.165, 1.54) is 24.2 Å². The fraction of sp³-hybridized carbons (Fsp3) is 0.636. The van der Waals surface area contributed by atoms with Gasteiger partial charge in [-0.25, -0.2) is 0 Å². The summed E-state index contributed by atoms with van der Waals surface area (Å²) >= 11 is 7.63. The molecule has 2 rings (SSSR count). The Labute approximate surface area is 104 Å². The zero-order valence-corrected chi connectivity index (χ0v) is 10.6. The Morgan fingerprint density at radius 1 is 1.44 bits per heavy atom. The van der Waals surface area contributed by atoms with Crippen molar-refractivity contribution >= 4 is 28.8 Å². The molecule has 1 aliphatic carbocycles. The summed E-state index contributed by atoms with van der Waals surface area (Å²) in [6.07, 6.45) is 7.11. The molecule has 5 heteroatoms. The number of carbonyl (C=O) groups is 1. The number of halogens is 1. The number of nitrogens with zero attached hydrogens (tertiary/aromatic N) is 1. The van der Waals surface area contributed by atoms with Gasteiger partial charge in [-0.2, -0.15) is 0 Å². The number of rotatable bonds is 2. The Bertz CT molecular complexity index is 342. The highest BCUT2D eigenvalue weighted by atomic mass is 35.5. The minimum absolute atomic E-state index is 0.0416. The highest BCUT2D eigenvalue weighted by Gasteiger charge is 2.23. The van der Waals surface area contributed by atoms with Crippen molar-refractivity contribution in [2.45, 2.75) is 43.5 Å². The second-order valence-electron chi connectivity index (χ2n) is 4.10. The van der Waals surface area contributed by atoms with Crippen LogP contribution in [0.3, 0.4) is 0 Å². The third-order valence-corrected chi connectivity index (χ3v) is 4.20. The SMILES string of the molecule is O=C(NC1CCCCCC1Cl)c1cncs1. The Morgan fingerprint density at radius 3 is 3.00 bits per heavy atom. The van der Waals surface area contributed by atoms with Crippen LogP contribution in [0.2, 0.25) is 0 Å². The van der Waals surface area contributed by atoms with E-state index in [1.54, 1.807) is 11.7 Å². The number of alkyl halides is 1. The van der Waals surface area contributed by atoms with Crippen LogP contribution >= 0.6 is 22.9 Å². The molecule has 1 N–H and O–H groups in total. The van der Waals surface area contributed by atoms with Gasteiger partial charge in [0.05, 0.1) is 17.1 Å². The monoisotopic (exact) mass is 258 g/mol. The summed E-state index contributed by atoms with van der Waals surface area (Å²) in [6.45, 7) is 0. The quantitative estimate of drug-likeness (QED) is 0.655. The third-order valence-electron chi connectivity index (χ3n) is 2.90. The molecule has 0 aliphatic heterocycles. The van der Waals surface area contributed by atoms with E-state index in [0.717, 1.165) is 19.3 Å². The first kappa shape index (κ1) is 11.9. The summed E-state index contributed by atoms with van der Waals surface area (Å²) in [5, 5.41) is 3.08. The largest absolute Gasteiger partial charge is 0.347 e. The van der Waals surface area contributed by atoms with Crippen LogP contribution in [0.25, 0.3) is 0 Å². The van der Waals surface area contributed by atoms with E-state index < -0.39 is 0 Å². The molecule has 0 spiro atoms. The Hall–Kier alpha value is -0.610. The van der Waals surface area contributed by atoms with Crippen LogP contribution in [0.4, 0.5) is 0 Å². The highest BCUT2D eigenvalue weighted by molar-refractivity contribution is 7.11. The van der Waals surface area contributed by atoms with Crippen molar-refractivity contribution in [1.82, 2.24) is 10.3 Å². The van der Waals surface area contributed by atoms with Crippen molar-refractivity contribution in [2.24, 2.45) is 0 Å². The van der Waals surface area contributed by atoms with Crippen LogP contribution < -0.4 is 5.32 Å². The minimum Gasteiger partial charge on any atom is -0.347 e. The first-order chi connectivity index (χ1) is 7.77. The van der Waals surface area contributed by atoms with Crippen molar-refractivity contribution < 1.29 is 4.79 Å². The van der Waals surface area contributed by atoms with Crippen LogP contribution in [0.1, 0.15) is 41.8 Å². The zero-order valence-electron chi connectivity index (χ0n) is 8.99. The average molecular weight is 259 g/mol. The molecule has 2 atom stereocenters. The maximum Gasteiger partial charge on any atom is 0.263 e. The molecule has 1 heterocycles. The fourth-order valence-electron chi connectivity index (χ4n) is 1.99. The molecule has 88 valence electrons. The van der Waals surface area contributed by atoms with E-state index >= 15 is 0 Å². The lowest BCUT2D eigenvalue weighted by Crippen LogP contribution is -2.40. The van der Waals surface area contributed by atoms with Gasteiger partial charge in [0.1, 0.15) is 4.88 Å². The van der Waals surface area contributed by atoms with Gasteiger partial charge in [0.2, 0.25) is 0 Å². The van der Waals surface area contributed by atoms with Gasteiger partial charge in [0.15, 0.2) is 0 Å². The molecular weight excluding hydrogens is 244 g/mol. The van der Waals surface area contributed by atoms with Crippen LogP contribution in [0.15, 0.2) is 11.7 Å². The summed E-state index contributed by atoms with van der Waals surface area (Å²) in [6, 6.07) is 0.110. The smallest absolute Gasteiger partial charge is 0.263 e. The molecule has 1 fully saturated rings. The molecule has 1 amide bonds. The zero-order chi connectivity index (χ0) is 11.4. The summed E-state index contributed by atoms with van der Waals surface area (Å²) in [4.78, 5) is 16.4. The number of carbonyl (C=O) groups excluding carboxylic acids is 1. The van der Waals surface area contributed by atoms with Crippen LogP contribution in [0.5, 0.6) is 0 Å². The van der Waals surface area contributed by atoms with Crippen molar-refractivity contribution in [1.29, 1.82) is 0 Å². The molecule has 3 nitrogen and oxygen atoms in total. The van der Waals surface area contributed by atoms with E-state index in [-0.39, 0.29) is 17.3 Å². The molecule has 2 unspecified atom stereocenters. The van der Waals surface area contributed by atoms with Gasteiger partial charge in [-0.15, -0.1) is 22.9 Å². The molecule has 0 bridgehead atoms. The van der Waals surface area contributed by atoms with E-state index in [9.17, 15) is 4.79 Å². The van der Waals surface area contributed by atoms with Gasteiger partial charge < -0.3 is 5.32 Å². The molecule has 1 aromatic heterocycles. The maximum atomic E-state index is 11.8. The minimum atomic E-state index is -0.0416. The van der Waals surface area contributed by atoms with Crippen molar-refractivity contribution in [3.05, 3.63) is 16.6 Å². The van der Waals surface area contributed by atoms with Gasteiger partial charge in [0, 0.05) is 6.04 Å². The van der Waals surface area contributed by atoms with E-state index in [1.807, 2.05) is 0 Å². The number of amides is 1. The van der Waals surface area contributed by atoms with E-state index in [0.29, 0.717) is 4.88 Å². The predicted octanol–water partition coefficient (Wildman–Crippen LogP) is 2.81. The van der Waals surface area contributed by atoms with E-state index in [2.05, 4.69) is 10.3 Å². The van der Waals surface area contributed by atoms with Gasteiger partial charge in [-0.3, -0.25) is 9.78 Å². The topological polar surface area (TPSA) is 42.0 Å². The summed E-state index contributed by atoms with van der Waals surface area (Å²) in [5.74, 6) is -0.0416. The lowest BCUT2D eigenvalue weighted by atomic mass is 10.1. The first-order valence-corrected chi connectivity index (χ1v) is 6.92. The van der Waals surface area contributed by atoms with Gasteiger partial charge in [-0.1, -0.05) is 19.3 Å². The molecule has 0 saturated heterocycles. The number of hydrogen-bond donors (Lipinski definition) is 1. The molecule has 1 aliphatic rings. The second kappa shape index (κ2) is 5.64. The Balaban J connectivity index is 1.95. The fourth-order valence-corrected chi connectivity index (χ4v) is 2.86. The Morgan fingerprint density at radius 2 is 2.25 bits per heavy atom. The van der Waals surface area contributed by atoms with Gasteiger partial charge in [0.25, 0.3) is 5.91 Å². The normalized spacial score (nSPS) is 26.1. The van der Waals surface area contributed by atoms with E-state index in [4.69, 9.17) is 11.6 Å². The number of hydrogen-bond acceptors (Lipinski definition) is 3. The summed E-state index contributed by atoms with van der Waals surface area (Å²) in [7, 11) is 0. The lowest BCUT2D eigenvalue weighted by molar-refractivity contribution is 0.0938. The van der Waals surface area contributed by atoms with Crippen molar-refractivity contribution in [3.63, 3.8) is 0 Å². The van der Waals surface area contributed by atoms with Crippen molar-refractivity contribution in [3.8, 4) is 0 Å². The van der Waals surface area contributed by atoms with Crippen LogP contribution in [-0.4, -0.2) is 22.3 Å². The molecular formula is C11H15ClN2OS. The number of nitrogens with one attached hydrogen (secondary N) is 1. The number of aromatic nitrogens is 1. The summed E-state index contributed by atoms with van der Waals surface area (Å²) in [5.41, 5.74) is 1.67. The van der Waals surface area contributed by atoms with Gasteiger partial charge in [-0.05, 0) is 12.8 Å². The second-order valence-corrected chi connectivity index (χ2v) is 5.55. The maximum absolute atomic E-state index is 11.8. The van der Waals surface area contributed by atoms with Crippen LogP contribution in [0, 0.1) is 0 Å². The number of thiazole rings is 1. The Kier molecular flexibility index (Phi) is 4.18. The predicted molar refractivity (Wildman–Crippen MR) is 66.1 cm³/mol. The summed E-state index contributed by atoms with van der Waals surface area (Å²) < 4.78 is 0. The molecule has 16 heavy (non-hydrogen) atoms. The third kappa shape index (κ3) is 2.95. The molecule has 1 aromatic rings. The highest BCUT2D eigenvalue weighted by Crippen LogP contribution is 2.22. The molecule has 0 aromatic carbocycles. The lowest BCUT2D eigenvalue weighted by Gasteiger charge is -2.20. The van der Waals surface area contributed by atoms with Crippen LogP contribution in [-0.2, 0) is 0 Å². The van der Waals surface area contributed by atoms with Gasteiger partial charge >= 0.3 is 0 Å². The first-order valence-electron chi connectivity index (χ1n) is 5.61. The standard InChI is InChI=1S/C11H15ClN2OS/c12-8-4-2-1-3-5-9(8)14-11(15)10-6-13-7-16-10/h6-9H,1-5H2,(H,14,15). The molecule has 0 radical (unpaired) electrons. The average Bonchev–Trinajstić information content (AvgIpc) is 2.73. The molecule has 1 saturated carbocycles.